The van der Waals surface area contributed by atoms with Gasteiger partial charge in [0.25, 0.3) is 0 Å². The zero-order valence-electron chi connectivity index (χ0n) is 9.05. The average Bonchev–Trinajstić information content (AvgIpc) is 2.20. The van der Waals surface area contributed by atoms with Crippen molar-refractivity contribution >= 4 is 6.03 Å². The minimum atomic E-state index is -0.194. The number of amides is 2. The highest BCUT2D eigenvalue weighted by Crippen LogP contribution is 2.20. The molecule has 0 aromatic carbocycles. The molecule has 0 heterocycles. The summed E-state index contributed by atoms with van der Waals surface area (Å²) in [5.41, 5.74) is 5.51. The Kier molecular flexibility index (Phi) is 4.77. The fraction of sp³-hybridized carbons (Fsp3) is 0.889. The number of carbonyl (C=O) groups excluding carboxylic acids is 1. The average molecular weight is 187 g/mol. The molecule has 0 saturated carbocycles. The smallest absolute Gasteiger partial charge is 0.317 e. The largest absolute Gasteiger partial charge is 0.341 e. The van der Waals surface area contributed by atoms with E-state index in [1.54, 1.807) is 19.0 Å². The van der Waals surface area contributed by atoms with Gasteiger partial charge >= 0.3 is 6.03 Å². The second kappa shape index (κ2) is 5.07. The summed E-state index contributed by atoms with van der Waals surface area (Å²) in [6.45, 7) is 4.61. The number of hydrogen-bond acceptors (Lipinski definition) is 2. The van der Waals surface area contributed by atoms with Gasteiger partial charge in [-0.2, -0.15) is 0 Å². The van der Waals surface area contributed by atoms with E-state index in [4.69, 9.17) is 5.73 Å². The van der Waals surface area contributed by atoms with Crippen LogP contribution in [0.2, 0.25) is 0 Å². The molecule has 4 heteroatoms. The van der Waals surface area contributed by atoms with E-state index in [1.165, 1.54) is 0 Å². The van der Waals surface area contributed by atoms with E-state index >= 15 is 0 Å². The van der Waals surface area contributed by atoms with Gasteiger partial charge in [0.05, 0.1) is 5.54 Å². The zero-order chi connectivity index (χ0) is 10.5. The molecule has 0 aromatic rings. The number of hydrogen-bond donors (Lipinski definition) is 2. The Bertz CT molecular complexity index is 158. The van der Waals surface area contributed by atoms with Crippen molar-refractivity contribution in [3.63, 3.8) is 0 Å². The Labute approximate surface area is 80.5 Å². The van der Waals surface area contributed by atoms with E-state index in [0.717, 1.165) is 12.8 Å². The van der Waals surface area contributed by atoms with Gasteiger partial charge in [0.2, 0.25) is 0 Å². The SMILES string of the molecule is CCC(CC)(CN)N(C)C(=O)NC. The van der Waals surface area contributed by atoms with Gasteiger partial charge in [-0.3, -0.25) is 0 Å². The molecule has 0 aliphatic rings. The van der Waals surface area contributed by atoms with Gasteiger partial charge in [0, 0.05) is 20.6 Å². The normalized spacial score (nSPS) is 11.2. The number of nitrogens with one attached hydrogen (secondary N) is 1. The topological polar surface area (TPSA) is 58.4 Å². The summed E-state index contributed by atoms with van der Waals surface area (Å²) in [5, 5.41) is 2.60. The van der Waals surface area contributed by atoms with Crippen molar-refractivity contribution in [3.05, 3.63) is 0 Å². The highest BCUT2D eigenvalue weighted by molar-refractivity contribution is 5.74. The molecule has 0 bridgehead atoms. The van der Waals surface area contributed by atoms with Crippen molar-refractivity contribution in [2.75, 3.05) is 20.6 Å². The molecule has 4 nitrogen and oxygen atoms in total. The van der Waals surface area contributed by atoms with Crippen molar-refractivity contribution in [1.82, 2.24) is 10.2 Å². The van der Waals surface area contributed by atoms with E-state index in [2.05, 4.69) is 19.2 Å². The highest BCUT2D eigenvalue weighted by Gasteiger charge is 2.32. The Balaban J connectivity index is 4.62. The van der Waals surface area contributed by atoms with Crippen molar-refractivity contribution in [2.45, 2.75) is 32.2 Å². The van der Waals surface area contributed by atoms with Crippen LogP contribution >= 0.6 is 0 Å². The molecule has 0 aliphatic heterocycles. The van der Waals surface area contributed by atoms with Crippen LogP contribution in [-0.2, 0) is 0 Å². The summed E-state index contributed by atoms with van der Waals surface area (Å²) in [7, 11) is 3.42. The van der Waals surface area contributed by atoms with Gasteiger partial charge in [-0.15, -0.1) is 0 Å². The predicted octanol–water partition coefficient (Wildman–Crippen LogP) is 0.775. The van der Waals surface area contributed by atoms with Gasteiger partial charge in [-0.05, 0) is 12.8 Å². The first-order valence-electron chi connectivity index (χ1n) is 4.73. The fourth-order valence-electron chi connectivity index (χ4n) is 1.53. The van der Waals surface area contributed by atoms with Crippen LogP contribution in [0.15, 0.2) is 0 Å². The number of nitrogens with two attached hydrogens (primary N) is 1. The number of nitrogens with zero attached hydrogens (tertiary/aromatic N) is 1. The molecule has 0 atom stereocenters. The van der Waals surface area contributed by atoms with Crippen molar-refractivity contribution < 1.29 is 4.79 Å². The van der Waals surface area contributed by atoms with Gasteiger partial charge in [0.1, 0.15) is 0 Å². The van der Waals surface area contributed by atoms with Crippen LogP contribution in [0.4, 0.5) is 4.79 Å². The lowest BCUT2D eigenvalue weighted by atomic mass is 9.91. The lowest BCUT2D eigenvalue weighted by Gasteiger charge is -2.39. The van der Waals surface area contributed by atoms with Crippen LogP contribution in [0.1, 0.15) is 26.7 Å². The maximum absolute atomic E-state index is 11.4. The van der Waals surface area contributed by atoms with Crippen molar-refractivity contribution in [2.24, 2.45) is 5.73 Å². The Morgan fingerprint density at radius 1 is 1.46 bits per heavy atom. The molecule has 0 radical (unpaired) electrons. The van der Waals surface area contributed by atoms with Gasteiger partial charge in [-0.1, -0.05) is 13.8 Å². The molecule has 0 aliphatic carbocycles. The van der Waals surface area contributed by atoms with Gasteiger partial charge in [0.15, 0.2) is 0 Å². The molecule has 3 N–H and O–H groups in total. The Hall–Kier alpha value is -0.770. The molecule has 0 unspecified atom stereocenters. The Morgan fingerprint density at radius 2 is 1.92 bits per heavy atom. The van der Waals surface area contributed by atoms with Crippen molar-refractivity contribution in [3.8, 4) is 0 Å². The minimum Gasteiger partial charge on any atom is -0.341 e. The number of likely N-dealkylation sites (N-methyl/N-ethyl adjacent to an activating group) is 1. The Morgan fingerprint density at radius 3 is 2.15 bits per heavy atom. The zero-order valence-corrected chi connectivity index (χ0v) is 9.05. The molecular weight excluding hydrogens is 166 g/mol. The third-order valence-corrected chi connectivity index (χ3v) is 2.93. The van der Waals surface area contributed by atoms with E-state index in [9.17, 15) is 4.79 Å². The van der Waals surface area contributed by atoms with E-state index in [1.807, 2.05) is 0 Å². The fourth-order valence-corrected chi connectivity index (χ4v) is 1.53. The van der Waals surface area contributed by atoms with Crippen LogP contribution < -0.4 is 11.1 Å². The van der Waals surface area contributed by atoms with E-state index in [-0.39, 0.29) is 11.6 Å². The molecule has 78 valence electrons. The second-order valence-electron chi connectivity index (χ2n) is 3.25. The summed E-state index contributed by atoms with van der Waals surface area (Å²) in [4.78, 5) is 13.1. The van der Waals surface area contributed by atoms with Crippen LogP contribution in [0.3, 0.4) is 0 Å². The van der Waals surface area contributed by atoms with Gasteiger partial charge < -0.3 is 16.0 Å². The van der Waals surface area contributed by atoms with Gasteiger partial charge in [-0.25, -0.2) is 4.79 Å². The predicted molar refractivity (Wildman–Crippen MR) is 54.6 cm³/mol. The monoisotopic (exact) mass is 187 g/mol. The summed E-state index contributed by atoms with van der Waals surface area (Å²) < 4.78 is 0. The number of urea groups is 1. The maximum Gasteiger partial charge on any atom is 0.317 e. The first kappa shape index (κ1) is 12.2. The number of carbonyl (C=O) groups is 1. The number of rotatable bonds is 4. The van der Waals surface area contributed by atoms with E-state index < -0.39 is 0 Å². The summed E-state index contributed by atoms with van der Waals surface area (Å²) in [5.74, 6) is 0. The molecule has 0 fully saturated rings. The maximum atomic E-state index is 11.4. The third-order valence-electron chi connectivity index (χ3n) is 2.93. The van der Waals surface area contributed by atoms with Crippen LogP contribution in [0.25, 0.3) is 0 Å². The van der Waals surface area contributed by atoms with E-state index in [0.29, 0.717) is 6.54 Å². The third kappa shape index (κ3) is 2.34. The van der Waals surface area contributed by atoms with Crippen molar-refractivity contribution in [1.29, 1.82) is 0 Å². The lowest BCUT2D eigenvalue weighted by molar-refractivity contribution is 0.132. The minimum absolute atomic E-state index is 0.0749. The molecule has 0 aromatic heterocycles. The molecule has 0 saturated heterocycles. The first-order chi connectivity index (χ1) is 6.07. The van der Waals surface area contributed by atoms with Crippen LogP contribution in [0, 0.1) is 0 Å². The lowest BCUT2D eigenvalue weighted by Crippen LogP contribution is -2.56. The summed E-state index contributed by atoms with van der Waals surface area (Å²) >= 11 is 0. The quantitative estimate of drug-likeness (QED) is 0.683. The standard InChI is InChI=1S/C9H21N3O/c1-5-9(6-2,7-10)12(4)8(13)11-3/h5-7,10H2,1-4H3,(H,11,13). The molecule has 2 amide bonds. The summed E-state index contributed by atoms with van der Waals surface area (Å²) in [6, 6.07) is -0.0749. The molecule has 0 rings (SSSR count). The van der Waals surface area contributed by atoms with Crippen LogP contribution in [0.5, 0.6) is 0 Å². The second-order valence-corrected chi connectivity index (χ2v) is 3.25. The molecule has 0 spiro atoms. The first-order valence-corrected chi connectivity index (χ1v) is 4.73. The summed E-state index contributed by atoms with van der Waals surface area (Å²) in [6.07, 6.45) is 1.76. The highest BCUT2D eigenvalue weighted by atomic mass is 16.2. The molecular formula is C9H21N3O. The molecule has 13 heavy (non-hydrogen) atoms. The van der Waals surface area contributed by atoms with Crippen LogP contribution in [-0.4, -0.2) is 37.1 Å².